The molecule has 0 aliphatic rings. The molecule has 2 heterocycles. The standard InChI is InChI=1S/C18H12N2O2/c21-18(16-11-13-6-2-4-8-15(13)22-16)20-17-10-9-12-5-1-3-7-14(12)19-17/h1-11H,(H,19,20,21). The van der Waals surface area contributed by atoms with Crippen LogP contribution in [0.2, 0.25) is 0 Å². The van der Waals surface area contributed by atoms with Gasteiger partial charge < -0.3 is 9.73 Å². The third-order valence-electron chi connectivity index (χ3n) is 3.49. The number of nitrogens with one attached hydrogen (secondary N) is 1. The Hall–Kier alpha value is -3.14. The Morgan fingerprint density at radius 3 is 2.55 bits per heavy atom. The van der Waals surface area contributed by atoms with Gasteiger partial charge >= 0.3 is 0 Å². The van der Waals surface area contributed by atoms with Gasteiger partial charge in [0, 0.05) is 10.8 Å². The minimum Gasteiger partial charge on any atom is -0.451 e. The Morgan fingerprint density at radius 2 is 1.68 bits per heavy atom. The van der Waals surface area contributed by atoms with Crippen LogP contribution >= 0.6 is 0 Å². The first-order valence-corrected chi connectivity index (χ1v) is 6.95. The third-order valence-corrected chi connectivity index (χ3v) is 3.49. The number of anilines is 1. The second-order valence-electron chi connectivity index (χ2n) is 4.99. The molecule has 4 heteroatoms. The zero-order valence-electron chi connectivity index (χ0n) is 11.6. The first-order valence-electron chi connectivity index (χ1n) is 6.95. The van der Waals surface area contributed by atoms with Crippen molar-refractivity contribution in [3.63, 3.8) is 0 Å². The summed E-state index contributed by atoms with van der Waals surface area (Å²) < 4.78 is 5.55. The number of carbonyl (C=O) groups is 1. The molecule has 0 atom stereocenters. The van der Waals surface area contributed by atoms with Gasteiger partial charge in [0.15, 0.2) is 5.76 Å². The predicted octanol–water partition coefficient (Wildman–Crippen LogP) is 4.23. The number of aromatic nitrogens is 1. The van der Waals surface area contributed by atoms with Crippen molar-refractivity contribution in [2.24, 2.45) is 0 Å². The Bertz CT molecular complexity index is 955. The second-order valence-corrected chi connectivity index (χ2v) is 4.99. The van der Waals surface area contributed by atoms with E-state index in [1.807, 2.05) is 54.6 Å². The van der Waals surface area contributed by atoms with Gasteiger partial charge in [-0.2, -0.15) is 0 Å². The Kier molecular flexibility index (Phi) is 2.86. The lowest BCUT2D eigenvalue weighted by Gasteiger charge is -2.03. The fourth-order valence-electron chi connectivity index (χ4n) is 2.41. The van der Waals surface area contributed by atoms with Crippen LogP contribution < -0.4 is 5.32 Å². The molecular formula is C18H12N2O2. The lowest BCUT2D eigenvalue weighted by Crippen LogP contribution is -2.11. The molecule has 106 valence electrons. The first kappa shape index (κ1) is 12.6. The fourth-order valence-corrected chi connectivity index (χ4v) is 2.41. The van der Waals surface area contributed by atoms with Crippen molar-refractivity contribution < 1.29 is 9.21 Å². The minimum atomic E-state index is -0.306. The van der Waals surface area contributed by atoms with Gasteiger partial charge in [0.25, 0.3) is 5.91 Å². The number of hydrogen-bond donors (Lipinski definition) is 1. The molecule has 1 amide bonds. The van der Waals surface area contributed by atoms with Crippen molar-refractivity contribution in [1.82, 2.24) is 4.98 Å². The molecule has 0 unspecified atom stereocenters. The van der Waals surface area contributed by atoms with Crippen LogP contribution in [0.25, 0.3) is 21.9 Å². The van der Waals surface area contributed by atoms with E-state index in [0.29, 0.717) is 11.4 Å². The maximum absolute atomic E-state index is 12.3. The summed E-state index contributed by atoms with van der Waals surface area (Å²) >= 11 is 0. The van der Waals surface area contributed by atoms with E-state index in [-0.39, 0.29) is 11.7 Å². The molecule has 4 rings (SSSR count). The highest BCUT2D eigenvalue weighted by Gasteiger charge is 2.12. The van der Waals surface area contributed by atoms with Crippen LogP contribution in [0.5, 0.6) is 0 Å². The molecule has 0 fully saturated rings. The van der Waals surface area contributed by atoms with Crippen LogP contribution in [-0.4, -0.2) is 10.9 Å². The molecule has 2 aromatic heterocycles. The average Bonchev–Trinajstić information content (AvgIpc) is 2.99. The van der Waals surface area contributed by atoms with Crippen molar-refractivity contribution >= 4 is 33.6 Å². The molecule has 4 aromatic rings. The van der Waals surface area contributed by atoms with Crippen LogP contribution in [0.15, 0.2) is 71.1 Å². The van der Waals surface area contributed by atoms with E-state index < -0.39 is 0 Å². The number of pyridine rings is 1. The second kappa shape index (κ2) is 5.00. The Morgan fingerprint density at radius 1 is 0.909 bits per heavy atom. The summed E-state index contributed by atoms with van der Waals surface area (Å²) in [4.78, 5) is 16.7. The van der Waals surface area contributed by atoms with Crippen molar-refractivity contribution in [2.75, 3.05) is 5.32 Å². The highest BCUT2D eigenvalue weighted by molar-refractivity contribution is 6.04. The number of nitrogens with zero attached hydrogens (tertiary/aromatic N) is 1. The zero-order chi connectivity index (χ0) is 14.9. The van der Waals surface area contributed by atoms with Gasteiger partial charge in [0.05, 0.1) is 5.52 Å². The van der Waals surface area contributed by atoms with Crippen LogP contribution in [0.3, 0.4) is 0 Å². The number of hydrogen-bond acceptors (Lipinski definition) is 3. The van der Waals surface area contributed by atoms with Gasteiger partial charge in [-0.1, -0.05) is 36.4 Å². The van der Waals surface area contributed by atoms with Gasteiger partial charge in [-0.3, -0.25) is 4.79 Å². The van der Waals surface area contributed by atoms with Crippen LogP contribution in [-0.2, 0) is 0 Å². The van der Waals surface area contributed by atoms with Crippen LogP contribution in [0.4, 0.5) is 5.82 Å². The summed E-state index contributed by atoms with van der Waals surface area (Å²) in [5, 5.41) is 4.70. The smallest absolute Gasteiger partial charge is 0.292 e. The van der Waals surface area contributed by atoms with E-state index in [2.05, 4.69) is 10.3 Å². The summed E-state index contributed by atoms with van der Waals surface area (Å²) in [7, 11) is 0. The fraction of sp³-hybridized carbons (Fsp3) is 0. The van der Waals surface area contributed by atoms with Gasteiger partial charge in [-0.15, -0.1) is 0 Å². The lowest BCUT2D eigenvalue weighted by atomic mass is 10.2. The lowest BCUT2D eigenvalue weighted by molar-refractivity contribution is 0.0998. The molecule has 0 saturated carbocycles. The van der Waals surface area contributed by atoms with Crippen LogP contribution in [0.1, 0.15) is 10.6 Å². The van der Waals surface area contributed by atoms with E-state index in [9.17, 15) is 4.79 Å². The molecule has 2 aromatic carbocycles. The molecule has 0 bridgehead atoms. The molecular weight excluding hydrogens is 276 g/mol. The number of para-hydroxylation sites is 2. The summed E-state index contributed by atoms with van der Waals surface area (Å²) in [5.74, 6) is 0.472. The summed E-state index contributed by atoms with van der Waals surface area (Å²) in [6.45, 7) is 0. The summed E-state index contributed by atoms with van der Waals surface area (Å²) in [6.07, 6.45) is 0. The highest BCUT2D eigenvalue weighted by atomic mass is 16.3. The monoisotopic (exact) mass is 288 g/mol. The highest BCUT2D eigenvalue weighted by Crippen LogP contribution is 2.20. The number of amides is 1. The van der Waals surface area contributed by atoms with Gasteiger partial charge in [-0.05, 0) is 30.3 Å². The molecule has 22 heavy (non-hydrogen) atoms. The molecule has 0 aliphatic carbocycles. The van der Waals surface area contributed by atoms with Crippen molar-refractivity contribution in [1.29, 1.82) is 0 Å². The molecule has 0 radical (unpaired) electrons. The summed E-state index contributed by atoms with van der Waals surface area (Å²) in [5.41, 5.74) is 1.53. The van der Waals surface area contributed by atoms with Crippen LogP contribution in [0, 0.1) is 0 Å². The molecule has 0 aliphatic heterocycles. The number of furan rings is 1. The molecule has 1 N–H and O–H groups in total. The zero-order valence-corrected chi connectivity index (χ0v) is 11.6. The van der Waals surface area contributed by atoms with E-state index in [4.69, 9.17) is 4.42 Å². The van der Waals surface area contributed by atoms with E-state index in [1.54, 1.807) is 12.1 Å². The predicted molar refractivity (Wildman–Crippen MR) is 85.9 cm³/mol. The van der Waals surface area contributed by atoms with E-state index in [1.165, 1.54) is 0 Å². The van der Waals surface area contributed by atoms with E-state index >= 15 is 0 Å². The Labute approximate surface area is 126 Å². The molecule has 0 saturated heterocycles. The third kappa shape index (κ3) is 2.20. The molecule has 0 spiro atoms. The SMILES string of the molecule is O=C(Nc1ccc2ccccc2n1)c1cc2ccccc2o1. The largest absolute Gasteiger partial charge is 0.451 e. The van der Waals surface area contributed by atoms with Gasteiger partial charge in [0.1, 0.15) is 11.4 Å². The number of fused-ring (bicyclic) bond motifs is 2. The average molecular weight is 288 g/mol. The number of rotatable bonds is 2. The summed E-state index contributed by atoms with van der Waals surface area (Å²) in [6, 6.07) is 20.7. The van der Waals surface area contributed by atoms with Crippen molar-refractivity contribution in [2.45, 2.75) is 0 Å². The molecule has 4 nitrogen and oxygen atoms in total. The van der Waals surface area contributed by atoms with E-state index in [0.717, 1.165) is 16.3 Å². The van der Waals surface area contributed by atoms with Crippen molar-refractivity contribution in [3.8, 4) is 0 Å². The maximum Gasteiger partial charge on any atom is 0.292 e. The topological polar surface area (TPSA) is 55.1 Å². The Balaban J connectivity index is 1.64. The minimum absolute atomic E-state index is 0.274. The van der Waals surface area contributed by atoms with Crippen molar-refractivity contribution in [3.05, 3.63) is 72.5 Å². The van der Waals surface area contributed by atoms with Gasteiger partial charge in [0.2, 0.25) is 0 Å². The number of carbonyl (C=O) groups excluding carboxylic acids is 1. The normalized spacial score (nSPS) is 10.9. The number of benzene rings is 2. The quantitative estimate of drug-likeness (QED) is 0.600. The van der Waals surface area contributed by atoms with Gasteiger partial charge in [-0.25, -0.2) is 4.98 Å². The maximum atomic E-state index is 12.3. The first-order chi connectivity index (χ1) is 10.8.